The Labute approximate surface area is 69.8 Å². The lowest BCUT2D eigenvalue weighted by Crippen LogP contribution is -2.24. The van der Waals surface area contributed by atoms with Gasteiger partial charge in [-0.2, -0.15) is 0 Å². The Bertz CT molecular complexity index is 145. The molecule has 0 spiro atoms. The highest BCUT2D eigenvalue weighted by Gasteiger charge is 2.11. The van der Waals surface area contributed by atoms with E-state index in [4.69, 9.17) is 6.42 Å². The van der Waals surface area contributed by atoms with E-state index in [2.05, 4.69) is 17.7 Å². The molecule has 1 aliphatic heterocycles. The van der Waals surface area contributed by atoms with Crippen LogP contribution in [0.1, 0.15) is 26.2 Å². The van der Waals surface area contributed by atoms with Crippen LogP contribution >= 0.6 is 0 Å². The number of hydrogen-bond donors (Lipinski definition) is 0. The zero-order valence-electron chi connectivity index (χ0n) is 7.34. The lowest BCUT2D eigenvalue weighted by Gasteiger charge is -2.15. The molecule has 0 radical (unpaired) electrons. The first-order chi connectivity index (χ1) is 5.33. The van der Waals surface area contributed by atoms with Gasteiger partial charge < -0.3 is 0 Å². The zero-order valence-corrected chi connectivity index (χ0v) is 7.34. The average molecular weight is 151 g/mol. The molecule has 1 rings (SSSR count). The van der Waals surface area contributed by atoms with E-state index in [1.807, 2.05) is 0 Å². The largest absolute Gasteiger partial charge is 0.292 e. The fraction of sp³-hybridized carbons (Fsp3) is 0.800. The van der Waals surface area contributed by atoms with Crippen molar-refractivity contribution in [1.82, 2.24) is 4.90 Å². The molecule has 0 aromatic carbocycles. The molecule has 1 heterocycles. The van der Waals surface area contributed by atoms with Gasteiger partial charge in [-0.1, -0.05) is 12.8 Å². The first-order valence-corrected chi connectivity index (χ1v) is 4.48. The van der Waals surface area contributed by atoms with Crippen molar-refractivity contribution < 1.29 is 0 Å². The molecular weight excluding hydrogens is 134 g/mol. The molecular formula is C10H17N. The summed E-state index contributed by atoms with van der Waals surface area (Å²) in [7, 11) is 0. The van der Waals surface area contributed by atoms with Crippen molar-refractivity contribution in [2.45, 2.75) is 26.2 Å². The predicted octanol–water partition coefficient (Wildman–Crippen LogP) is 1.74. The Balaban J connectivity index is 2.29. The van der Waals surface area contributed by atoms with E-state index >= 15 is 0 Å². The number of terminal acetylenes is 1. The van der Waals surface area contributed by atoms with Crippen molar-refractivity contribution >= 4 is 0 Å². The molecule has 62 valence electrons. The molecule has 0 N–H and O–H groups in total. The van der Waals surface area contributed by atoms with Crippen LogP contribution in [0.25, 0.3) is 0 Å². The van der Waals surface area contributed by atoms with Gasteiger partial charge in [0.05, 0.1) is 6.54 Å². The van der Waals surface area contributed by atoms with E-state index in [0.717, 1.165) is 12.5 Å². The van der Waals surface area contributed by atoms with Crippen molar-refractivity contribution in [3.05, 3.63) is 0 Å². The third kappa shape index (κ3) is 2.95. The molecule has 0 aromatic rings. The lowest BCUT2D eigenvalue weighted by molar-refractivity contribution is 0.316. The van der Waals surface area contributed by atoms with Crippen molar-refractivity contribution in [3.63, 3.8) is 0 Å². The molecule has 0 aliphatic carbocycles. The van der Waals surface area contributed by atoms with E-state index in [-0.39, 0.29) is 0 Å². The molecule has 1 saturated heterocycles. The summed E-state index contributed by atoms with van der Waals surface area (Å²) in [4.78, 5) is 2.38. The maximum Gasteiger partial charge on any atom is 0.0598 e. The Hall–Kier alpha value is -0.480. The second kappa shape index (κ2) is 4.41. The van der Waals surface area contributed by atoms with Crippen LogP contribution in [0.15, 0.2) is 0 Å². The Morgan fingerprint density at radius 2 is 2.27 bits per heavy atom. The van der Waals surface area contributed by atoms with E-state index in [1.54, 1.807) is 0 Å². The summed E-state index contributed by atoms with van der Waals surface area (Å²) in [6.07, 6.45) is 9.27. The van der Waals surface area contributed by atoms with E-state index in [0.29, 0.717) is 0 Å². The maximum absolute atomic E-state index is 5.25. The maximum atomic E-state index is 5.25. The SMILES string of the molecule is C#CCN1CCCC(C)CC1. The fourth-order valence-electron chi connectivity index (χ4n) is 1.61. The molecule has 0 bridgehead atoms. The van der Waals surface area contributed by atoms with Crippen LogP contribution in [0.2, 0.25) is 0 Å². The smallest absolute Gasteiger partial charge is 0.0598 e. The number of likely N-dealkylation sites (tertiary alicyclic amines) is 1. The van der Waals surface area contributed by atoms with Gasteiger partial charge in [0.15, 0.2) is 0 Å². The second-order valence-corrected chi connectivity index (χ2v) is 3.52. The van der Waals surface area contributed by atoms with E-state index in [9.17, 15) is 0 Å². The average Bonchev–Trinajstić information content (AvgIpc) is 2.17. The Morgan fingerprint density at radius 3 is 3.00 bits per heavy atom. The number of hydrogen-bond acceptors (Lipinski definition) is 1. The monoisotopic (exact) mass is 151 g/mol. The van der Waals surface area contributed by atoms with Gasteiger partial charge in [0.25, 0.3) is 0 Å². The molecule has 1 unspecified atom stereocenters. The van der Waals surface area contributed by atoms with Gasteiger partial charge in [-0.25, -0.2) is 0 Å². The van der Waals surface area contributed by atoms with Crippen LogP contribution in [0.3, 0.4) is 0 Å². The van der Waals surface area contributed by atoms with Crippen molar-refractivity contribution in [2.24, 2.45) is 5.92 Å². The van der Waals surface area contributed by atoms with Gasteiger partial charge in [-0.05, 0) is 38.3 Å². The minimum absolute atomic E-state index is 0.840. The summed E-state index contributed by atoms with van der Waals surface area (Å²) < 4.78 is 0. The minimum Gasteiger partial charge on any atom is -0.292 e. The van der Waals surface area contributed by atoms with Crippen molar-refractivity contribution in [2.75, 3.05) is 19.6 Å². The van der Waals surface area contributed by atoms with Crippen LogP contribution in [0.4, 0.5) is 0 Å². The van der Waals surface area contributed by atoms with E-state index < -0.39 is 0 Å². The highest BCUT2D eigenvalue weighted by molar-refractivity contribution is 4.88. The van der Waals surface area contributed by atoms with Crippen LogP contribution in [-0.2, 0) is 0 Å². The normalized spacial score (nSPS) is 27.5. The summed E-state index contributed by atoms with van der Waals surface area (Å²) >= 11 is 0. The van der Waals surface area contributed by atoms with Gasteiger partial charge in [-0.3, -0.25) is 4.90 Å². The standard InChI is InChI=1S/C10H17N/c1-3-7-11-8-4-5-10(2)6-9-11/h1,10H,4-9H2,2H3. The molecule has 11 heavy (non-hydrogen) atoms. The van der Waals surface area contributed by atoms with Gasteiger partial charge in [0.2, 0.25) is 0 Å². The summed E-state index contributed by atoms with van der Waals surface area (Å²) in [5, 5.41) is 0. The molecule has 1 nitrogen and oxygen atoms in total. The topological polar surface area (TPSA) is 3.24 Å². The highest BCUT2D eigenvalue weighted by Crippen LogP contribution is 2.15. The van der Waals surface area contributed by atoms with Crippen molar-refractivity contribution in [3.8, 4) is 12.3 Å². The third-order valence-electron chi connectivity index (χ3n) is 2.42. The first kappa shape index (κ1) is 8.62. The quantitative estimate of drug-likeness (QED) is 0.516. The highest BCUT2D eigenvalue weighted by atomic mass is 15.1. The van der Waals surface area contributed by atoms with Crippen LogP contribution in [-0.4, -0.2) is 24.5 Å². The summed E-state index contributed by atoms with van der Waals surface area (Å²) in [5.41, 5.74) is 0. The first-order valence-electron chi connectivity index (χ1n) is 4.48. The van der Waals surface area contributed by atoms with Crippen LogP contribution < -0.4 is 0 Å². The van der Waals surface area contributed by atoms with Gasteiger partial charge in [-0.15, -0.1) is 6.42 Å². The molecule has 1 fully saturated rings. The summed E-state index contributed by atoms with van der Waals surface area (Å²) in [5.74, 6) is 3.61. The van der Waals surface area contributed by atoms with Crippen LogP contribution in [0, 0.1) is 18.3 Å². The lowest BCUT2D eigenvalue weighted by atomic mass is 10.0. The van der Waals surface area contributed by atoms with Crippen LogP contribution in [0.5, 0.6) is 0 Å². The van der Waals surface area contributed by atoms with Crippen molar-refractivity contribution in [1.29, 1.82) is 0 Å². The molecule has 0 saturated carbocycles. The number of nitrogens with zero attached hydrogens (tertiary/aromatic N) is 1. The second-order valence-electron chi connectivity index (χ2n) is 3.52. The van der Waals surface area contributed by atoms with Gasteiger partial charge in [0.1, 0.15) is 0 Å². The third-order valence-corrected chi connectivity index (χ3v) is 2.42. The molecule has 1 aliphatic rings. The molecule has 1 heteroatoms. The zero-order chi connectivity index (χ0) is 8.10. The minimum atomic E-state index is 0.840. The molecule has 0 aromatic heterocycles. The Kier molecular flexibility index (Phi) is 3.45. The van der Waals surface area contributed by atoms with Gasteiger partial charge in [0, 0.05) is 0 Å². The molecule has 1 atom stereocenters. The predicted molar refractivity (Wildman–Crippen MR) is 48.3 cm³/mol. The van der Waals surface area contributed by atoms with Gasteiger partial charge >= 0.3 is 0 Å². The fourth-order valence-corrected chi connectivity index (χ4v) is 1.61. The molecule has 0 amide bonds. The van der Waals surface area contributed by atoms with E-state index in [1.165, 1.54) is 32.4 Å². The Morgan fingerprint density at radius 1 is 1.45 bits per heavy atom. The number of rotatable bonds is 1. The summed E-state index contributed by atoms with van der Waals surface area (Å²) in [6.45, 7) is 5.58. The summed E-state index contributed by atoms with van der Waals surface area (Å²) in [6, 6.07) is 0.